The van der Waals surface area contributed by atoms with Gasteiger partial charge in [-0.25, -0.2) is 4.98 Å². The third-order valence-corrected chi connectivity index (χ3v) is 2.71. The fourth-order valence-corrected chi connectivity index (χ4v) is 1.67. The fourth-order valence-electron chi connectivity index (χ4n) is 1.67. The first kappa shape index (κ1) is 14.4. The van der Waals surface area contributed by atoms with Crippen molar-refractivity contribution in [1.29, 1.82) is 5.26 Å². The van der Waals surface area contributed by atoms with Gasteiger partial charge in [0.2, 0.25) is 5.88 Å². The van der Waals surface area contributed by atoms with Crippen molar-refractivity contribution in [3.63, 3.8) is 0 Å². The third kappa shape index (κ3) is 3.52. The maximum absolute atomic E-state index is 10.6. The van der Waals surface area contributed by atoms with E-state index in [1.165, 1.54) is 0 Å². The van der Waals surface area contributed by atoms with E-state index in [1.54, 1.807) is 24.3 Å². The second kappa shape index (κ2) is 6.45. The summed E-state index contributed by atoms with van der Waals surface area (Å²) in [6.07, 6.45) is 1.58. The topological polar surface area (TPSA) is 109 Å². The lowest BCUT2D eigenvalue weighted by molar-refractivity contribution is -0.385. The first-order valence-corrected chi connectivity index (χ1v) is 6.06. The molecule has 1 heterocycles. The minimum atomic E-state index is -0.624. The van der Waals surface area contributed by atoms with Crippen LogP contribution in [0.3, 0.4) is 0 Å². The van der Waals surface area contributed by atoms with Crippen molar-refractivity contribution in [1.82, 2.24) is 4.98 Å². The van der Waals surface area contributed by atoms with E-state index in [-0.39, 0.29) is 23.7 Å². The van der Waals surface area contributed by atoms with Crippen molar-refractivity contribution in [3.05, 3.63) is 57.8 Å². The number of nitrogens with zero attached hydrogens (tertiary/aromatic N) is 3. The van der Waals surface area contributed by atoms with Gasteiger partial charge in [0.1, 0.15) is 23.6 Å². The number of aliphatic hydroxyl groups is 1. The molecule has 0 amide bonds. The van der Waals surface area contributed by atoms with Crippen LogP contribution in [0.4, 0.5) is 5.69 Å². The summed E-state index contributed by atoms with van der Waals surface area (Å²) in [6, 6.07) is 9.84. The van der Waals surface area contributed by atoms with Crippen molar-refractivity contribution in [2.75, 3.05) is 6.61 Å². The van der Waals surface area contributed by atoms with Gasteiger partial charge in [0, 0.05) is 12.7 Å². The van der Waals surface area contributed by atoms with Gasteiger partial charge in [-0.3, -0.25) is 10.1 Å². The quantitative estimate of drug-likeness (QED) is 0.666. The summed E-state index contributed by atoms with van der Waals surface area (Å²) in [5.74, 6) is 0.465. The van der Waals surface area contributed by atoms with E-state index in [0.717, 1.165) is 17.8 Å². The smallest absolute Gasteiger partial charge is 0.289 e. The minimum Gasteiger partial charge on any atom is -0.438 e. The second-order valence-corrected chi connectivity index (χ2v) is 4.13. The normalized spacial score (nSPS) is 9.90. The maximum Gasteiger partial charge on any atom is 0.289 e. The van der Waals surface area contributed by atoms with Gasteiger partial charge in [-0.15, -0.1) is 0 Å². The maximum atomic E-state index is 10.6. The Balaban J connectivity index is 2.23. The summed E-state index contributed by atoms with van der Waals surface area (Å²) in [7, 11) is 0. The molecule has 0 atom stereocenters. The number of aliphatic hydroxyl groups excluding tert-OH is 1. The van der Waals surface area contributed by atoms with Crippen molar-refractivity contribution < 1.29 is 14.8 Å². The first-order chi connectivity index (χ1) is 10.1. The summed E-state index contributed by atoms with van der Waals surface area (Å²) < 4.78 is 5.45. The number of nitriles is 1. The van der Waals surface area contributed by atoms with Crippen molar-refractivity contribution in [3.8, 4) is 17.7 Å². The molecule has 106 valence electrons. The molecular formula is C14H11N3O4. The van der Waals surface area contributed by atoms with Gasteiger partial charge >= 0.3 is 0 Å². The van der Waals surface area contributed by atoms with E-state index >= 15 is 0 Å². The van der Waals surface area contributed by atoms with Gasteiger partial charge in [-0.2, -0.15) is 5.26 Å². The van der Waals surface area contributed by atoms with Gasteiger partial charge in [-0.05, 0) is 24.1 Å². The average molecular weight is 285 g/mol. The summed E-state index contributed by atoms with van der Waals surface area (Å²) >= 11 is 0. The molecule has 7 heteroatoms. The number of hydrogen-bond donors (Lipinski definition) is 1. The van der Waals surface area contributed by atoms with E-state index in [2.05, 4.69) is 4.98 Å². The molecule has 7 nitrogen and oxygen atoms in total. The van der Waals surface area contributed by atoms with Gasteiger partial charge in [0.25, 0.3) is 5.69 Å². The van der Waals surface area contributed by atoms with Gasteiger partial charge < -0.3 is 9.84 Å². The SMILES string of the molecule is N#Cc1cc([N+](=O)[O-])cnc1Oc1ccc(CCO)cc1. The summed E-state index contributed by atoms with van der Waals surface area (Å²) in [6.45, 7) is 0.0582. The van der Waals surface area contributed by atoms with Gasteiger partial charge in [0.05, 0.1) is 4.92 Å². The van der Waals surface area contributed by atoms with Crippen LogP contribution < -0.4 is 4.74 Å². The van der Waals surface area contributed by atoms with Crippen molar-refractivity contribution >= 4 is 5.69 Å². The van der Waals surface area contributed by atoms with Crippen LogP contribution in [0.15, 0.2) is 36.5 Å². The van der Waals surface area contributed by atoms with Crippen molar-refractivity contribution in [2.24, 2.45) is 0 Å². The number of rotatable bonds is 5. The number of aromatic nitrogens is 1. The summed E-state index contributed by atoms with van der Waals surface area (Å²) in [5, 5.41) is 28.5. The Hall–Kier alpha value is -2.98. The molecule has 0 unspecified atom stereocenters. The highest BCUT2D eigenvalue weighted by Crippen LogP contribution is 2.25. The third-order valence-electron chi connectivity index (χ3n) is 2.71. The molecule has 2 aromatic rings. The number of hydrogen-bond acceptors (Lipinski definition) is 6. The van der Waals surface area contributed by atoms with Gasteiger partial charge in [-0.1, -0.05) is 12.1 Å². The lowest BCUT2D eigenvalue weighted by Gasteiger charge is -2.06. The van der Waals surface area contributed by atoms with Crippen LogP contribution in [0.2, 0.25) is 0 Å². The molecule has 0 aliphatic rings. The van der Waals surface area contributed by atoms with E-state index in [9.17, 15) is 10.1 Å². The molecule has 21 heavy (non-hydrogen) atoms. The Labute approximate surface area is 120 Å². The largest absolute Gasteiger partial charge is 0.438 e. The Morgan fingerprint density at radius 2 is 2.10 bits per heavy atom. The zero-order chi connectivity index (χ0) is 15.2. The number of nitro groups is 1. The predicted octanol–water partition coefficient (Wildman–Crippen LogP) is 2.19. The minimum absolute atomic E-state index is 0.0105. The molecule has 2 rings (SSSR count). The van der Waals surface area contributed by atoms with Crippen LogP contribution in [-0.4, -0.2) is 21.6 Å². The molecule has 1 aromatic heterocycles. The fraction of sp³-hybridized carbons (Fsp3) is 0.143. The first-order valence-electron chi connectivity index (χ1n) is 6.06. The summed E-state index contributed by atoms with van der Waals surface area (Å²) in [4.78, 5) is 13.8. The van der Waals surface area contributed by atoms with Gasteiger partial charge in [0.15, 0.2) is 0 Å². The summed E-state index contributed by atoms with van der Waals surface area (Å²) in [5.41, 5.74) is 0.669. The standard InChI is InChI=1S/C14H11N3O4/c15-8-11-7-12(17(19)20)9-16-14(11)21-13-3-1-10(2-4-13)5-6-18/h1-4,7,9,18H,5-6H2. The molecule has 0 aliphatic carbocycles. The molecular weight excluding hydrogens is 274 g/mol. The Bertz CT molecular complexity index is 692. The van der Waals surface area contributed by atoms with E-state index in [0.29, 0.717) is 12.2 Å². The molecule has 0 spiro atoms. The highest BCUT2D eigenvalue weighted by molar-refractivity contribution is 5.46. The molecule has 0 aliphatic heterocycles. The van der Waals surface area contributed by atoms with Crippen LogP contribution in [-0.2, 0) is 6.42 Å². The van der Waals surface area contributed by atoms with Crippen molar-refractivity contribution in [2.45, 2.75) is 6.42 Å². The Morgan fingerprint density at radius 1 is 1.38 bits per heavy atom. The molecule has 1 N–H and O–H groups in total. The lowest BCUT2D eigenvalue weighted by Crippen LogP contribution is -1.96. The molecule has 0 bridgehead atoms. The van der Waals surface area contributed by atoms with Crippen LogP contribution in [0, 0.1) is 21.4 Å². The van der Waals surface area contributed by atoms with E-state index in [1.807, 2.05) is 6.07 Å². The zero-order valence-electron chi connectivity index (χ0n) is 10.9. The van der Waals surface area contributed by atoms with E-state index in [4.69, 9.17) is 15.1 Å². The molecule has 0 fully saturated rings. The average Bonchev–Trinajstić information content (AvgIpc) is 2.49. The monoisotopic (exact) mass is 285 g/mol. The van der Waals surface area contributed by atoms with Crippen LogP contribution >= 0.6 is 0 Å². The highest BCUT2D eigenvalue weighted by atomic mass is 16.6. The highest BCUT2D eigenvalue weighted by Gasteiger charge is 2.13. The molecule has 0 saturated heterocycles. The second-order valence-electron chi connectivity index (χ2n) is 4.13. The van der Waals surface area contributed by atoms with Crippen LogP contribution in [0.1, 0.15) is 11.1 Å². The van der Waals surface area contributed by atoms with E-state index < -0.39 is 4.92 Å². The lowest BCUT2D eigenvalue weighted by atomic mass is 10.1. The Kier molecular flexibility index (Phi) is 4.43. The molecule has 0 saturated carbocycles. The van der Waals surface area contributed by atoms with Crippen LogP contribution in [0.25, 0.3) is 0 Å². The number of benzene rings is 1. The molecule has 1 aromatic carbocycles. The Morgan fingerprint density at radius 3 is 2.67 bits per heavy atom. The number of ether oxygens (including phenoxy) is 1. The predicted molar refractivity (Wildman–Crippen MR) is 72.9 cm³/mol. The molecule has 0 radical (unpaired) electrons. The number of pyridine rings is 1. The van der Waals surface area contributed by atoms with Crippen LogP contribution in [0.5, 0.6) is 11.6 Å². The zero-order valence-corrected chi connectivity index (χ0v) is 10.9.